The predicted octanol–water partition coefficient (Wildman–Crippen LogP) is 3.47. The van der Waals surface area contributed by atoms with Crippen LogP contribution in [0.15, 0.2) is 42.2 Å². The summed E-state index contributed by atoms with van der Waals surface area (Å²) in [7, 11) is 3.79. The lowest BCUT2D eigenvalue weighted by Gasteiger charge is -2.14. The second-order valence-corrected chi connectivity index (χ2v) is 6.12. The number of Topliss-reactive ketones (excluding diaryl/α,β-unsaturated/α-hetero) is 1. The van der Waals surface area contributed by atoms with Crippen molar-refractivity contribution in [3.8, 4) is 17.2 Å². The van der Waals surface area contributed by atoms with Gasteiger partial charge in [-0.05, 0) is 56.9 Å². The molecule has 1 aliphatic rings. The highest BCUT2D eigenvalue weighted by Crippen LogP contribution is 2.39. The maximum absolute atomic E-state index is 12.6. The van der Waals surface area contributed by atoms with Crippen molar-refractivity contribution in [2.45, 2.75) is 13.5 Å². The van der Waals surface area contributed by atoms with Crippen molar-refractivity contribution in [3.63, 3.8) is 0 Å². The maximum atomic E-state index is 12.6. The molecule has 2 aromatic rings. The van der Waals surface area contributed by atoms with E-state index in [1.807, 2.05) is 50.2 Å². The fourth-order valence-corrected chi connectivity index (χ4v) is 2.74. The summed E-state index contributed by atoms with van der Waals surface area (Å²) >= 11 is 0. The predicted molar refractivity (Wildman–Crippen MR) is 96.0 cm³/mol. The Labute approximate surface area is 147 Å². The van der Waals surface area contributed by atoms with Crippen LogP contribution in [0.25, 0.3) is 6.08 Å². The maximum Gasteiger partial charge on any atom is 0.231 e. The zero-order valence-corrected chi connectivity index (χ0v) is 14.6. The molecule has 0 saturated carbocycles. The van der Waals surface area contributed by atoms with E-state index in [0.29, 0.717) is 30.0 Å². The van der Waals surface area contributed by atoms with E-state index in [1.54, 1.807) is 18.2 Å². The molecule has 25 heavy (non-hydrogen) atoms. The van der Waals surface area contributed by atoms with Crippen molar-refractivity contribution in [3.05, 3.63) is 58.8 Å². The van der Waals surface area contributed by atoms with Crippen LogP contribution in [0.2, 0.25) is 0 Å². The average molecular weight is 339 g/mol. The van der Waals surface area contributed by atoms with Crippen LogP contribution in [0.1, 0.15) is 28.4 Å². The number of phenols is 1. The largest absolute Gasteiger partial charge is 0.507 e. The van der Waals surface area contributed by atoms with Crippen molar-refractivity contribution in [1.29, 1.82) is 0 Å². The third kappa shape index (κ3) is 3.51. The zero-order valence-electron chi connectivity index (χ0n) is 14.6. The Morgan fingerprint density at radius 3 is 2.52 bits per heavy atom. The molecule has 0 fully saturated rings. The summed E-state index contributed by atoms with van der Waals surface area (Å²) < 4.78 is 11.2. The number of benzene rings is 2. The van der Waals surface area contributed by atoms with E-state index in [0.717, 1.165) is 11.3 Å². The summed E-state index contributed by atoms with van der Waals surface area (Å²) in [5.74, 6) is 1.43. The summed E-state index contributed by atoms with van der Waals surface area (Å²) in [6.45, 7) is 3.02. The zero-order chi connectivity index (χ0) is 18.0. The first-order chi connectivity index (χ1) is 12.0. The number of hydrogen-bond donors (Lipinski definition) is 1. The number of ether oxygens (including phenoxy) is 2. The number of aromatic hydroxyl groups is 1. The van der Waals surface area contributed by atoms with Gasteiger partial charge in [0.05, 0.1) is 17.7 Å². The Hall–Kier alpha value is -2.79. The van der Waals surface area contributed by atoms with Crippen LogP contribution in [-0.2, 0) is 6.54 Å². The van der Waals surface area contributed by atoms with Gasteiger partial charge in [0.15, 0.2) is 5.76 Å². The Morgan fingerprint density at radius 2 is 1.88 bits per heavy atom. The molecule has 2 aromatic carbocycles. The number of ketones is 1. The smallest absolute Gasteiger partial charge is 0.231 e. The van der Waals surface area contributed by atoms with Crippen LogP contribution >= 0.6 is 0 Å². The van der Waals surface area contributed by atoms with Gasteiger partial charge in [-0.15, -0.1) is 0 Å². The van der Waals surface area contributed by atoms with Crippen LogP contribution in [0.5, 0.6) is 17.2 Å². The van der Waals surface area contributed by atoms with Gasteiger partial charge < -0.3 is 19.5 Å². The van der Waals surface area contributed by atoms with Gasteiger partial charge in [0, 0.05) is 6.54 Å². The Bertz CT molecular complexity index is 822. The molecule has 0 spiro atoms. The SMILES string of the molecule is CCOc1ccc(/C=C2\Oc3c(ccc(O)c3CN(C)C)C2=O)cc1. The minimum Gasteiger partial charge on any atom is -0.507 e. The molecule has 5 heteroatoms. The van der Waals surface area contributed by atoms with Gasteiger partial charge in [-0.25, -0.2) is 0 Å². The van der Waals surface area contributed by atoms with E-state index in [2.05, 4.69) is 0 Å². The van der Waals surface area contributed by atoms with Crippen molar-refractivity contribution < 1.29 is 19.4 Å². The molecule has 1 N–H and O–H groups in total. The molecule has 5 nitrogen and oxygen atoms in total. The third-order valence-corrected chi connectivity index (χ3v) is 3.88. The van der Waals surface area contributed by atoms with Crippen LogP contribution in [-0.4, -0.2) is 36.5 Å². The molecule has 0 radical (unpaired) electrons. The summed E-state index contributed by atoms with van der Waals surface area (Å²) in [6.07, 6.45) is 1.70. The Kier molecular flexibility index (Phi) is 4.76. The van der Waals surface area contributed by atoms with E-state index in [-0.39, 0.29) is 17.3 Å². The number of allylic oxidation sites excluding steroid dienone is 1. The molecule has 1 aliphatic heterocycles. The molecule has 0 atom stereocenters. The van der Waals surface area contributed by atoms with E-state index < -0.39 is 0 Å². The van der Waals surface area contributed by atoms with Crippen molar-refractivity contribution in [2.75, 3.05) is 20.7 Å². The van der Waals surface area contributed by atoms with Gasteiger partial charge in [0.1, 0.15) is 17.2 Å². The number of carbonyl (C=O) groups excluding carboxylic acids is 1. The molecule has 0 aliphatic carbocycles. The van der Waals surface area contributed by atoms with E-state index in [9.17, 15) is 9.90 Å². The molecule has 0 saturated heterocycles. The molecule has 0 bridgehead atoms. The molecule has 0 unspecified atom stereocenters. The molecule has 0 amide bonds. The van der Waals surface area contributed by atoms with Crippen molar-refractivity contribution >= 4 is 11.9 Å². The standard InChI is InChI=1S/C20H21NO4/c1-4-24-14-7-5-13(6-8-14)11-18-19(23)15-9-10-17(22)16(12-21(2)3)20(15)25-18/h5-11,22H,4,12H2,1-3H3/b18-11-. The Balaban J connectivity index is 1.91. The topological polar surface area (TPSA) is 59.0 Å². The molecular formula is C20H21NO4. The first kappa shape index (κ1) is 17.0. The minimum atomic E-state index is -0.177. The number of phenolic OH excluding ortho intramolecular Hbond substituents is 1. The highest BCUT2D eigenvalue weighted by molar-refractivity contribution is 6.15. The summed E-state index contributed by atoms with van der Waals surface area (Å²) in [6, 6.07) is 10.6. The lowest BCUT2D eigenvalue weighted by atomic mass is 10.0. The Morgan fingerprint density at radius 1 is 1.16 bits per heavy atom. The van der Waals surface area contributed by atoms with E-state index in [4.69, 9.17) is 9.47 Å². The van der Waals surface area contributed by atoms with Gasteiger partial charge in [-0.2, -0.15) is 0 Å². The highest BCUT2D eigenvalue weighted by Gasteiger charge is 2.31. The quantitative estimate of drug-likeness (QED) is 0.845. The van der Waals surface area contributed by atoms with Crippen molar-refractivity contribution in [2.24, 2.45) is 0 Å². The van der Waals surface area contributed by atoms with Crippen LogP contribution in [0.4, 0.5) is 0 Å². The molecule has 0 aromatic heterocycles. The van der Waals surface area contributed by atoms with Crippen LogP contribution in [0, 0.1) is 0 Å². The van der Waals surface area contributed by atoms with Crippen LogP contribution in [0.3, 0.4) is 0 Å². The van der Waals surface area contributed by atoms with Gasteiger partial charge >= 0.3 is 0 Å². The number of rotatable bonds is 5. The lowest BCUT2D eigenvalue weighted by Crippen LogP contribution is -2.11. The van der Waals surface area contributed by atoms with Gasteiger partial charge in [-0.1, -0.05) is 12.1 Å². The molecular weight excluding hydrogens is 318 g/mol. The first-order valence-corrected chi connectivity index (χ1v) is 8.16. The highest BCUT2D eigenvalue weighted by atomic mass is 16.5. The summed E-state index contributed by atoms with van der Waals surface area (Å²) in [5.41, 5.74) is 1.94. The van der Waals surface area contributed by atoms with E-state index >= 15 is 0 Å². The summed E-state index contributed by atoms with van der Waals surface area (Å²) in [5, 5.41) is 10.1. The first-order valence-electron chi connectivity index (χ1n) is 8.16. The minimum absolute atomic E-state index is 0.127. The second kappa shape index (κ2) is 6.99. The average Bonchev–Trinajstić information content (AvgIpc) is 2.88. The van der Waals surface area contributed by atoms with Crippen LogP contribution < -0.4 is 9.47 Å². The number of nitrogens with zero attached hydrogens (tertiary/aromatic N) is 1. The van der Waals surface area contributed by atoms with Gasteiger partial charge in [0.2, 0.25) is 5.78 Å². The fraction of sp³-hybridized carbons (Fsp3) is 0.250. The van der Waals surface area contributed by atoms with Crippen molar-refractivity contribution in [1.82, 2.24) is 4.90 Å². The number of fused-ring (bicyclic) bond motifs is 1. The second-order valence-electron chi connectivity index (χ2n) is 6.12. The number of carbonyl (C=O) groups is 1. The van der Waals surface area contributed by atoms with E-state index in [1.165, 1.54) is 0 Å². The fourth-order valence-electron chi connectivity index (χ4n) is 2.74. The lowest BCUT2D eigenvalue weighted by molar-refractivity contribution is 0.101. The van der Waals surface area contributed by atoms with Gasteiger partial charge in [-0.3, -0.25) is 4.79 Å². The summed E-state index contributed by atoms with van der Waals surface area (Å²) in [4.78, 5) is 14.5. The molecule has 3 rings (SSSR count). The third-order valence-electron chi connectivity index (χ3n) is 3.88. The van der Waals surface area contributed by atoms with Gasteiger partial charge in [0.25, 0.3) is 0 Å². The normalized spacial score (nSPS) is 14.7. The molecule has 130 valence electrons. The molecule has 1 heterocycles. The number of hydrogen-bond acceptors (Lipinski definition) is 5. The monoisotopic (exact) mass is 339 g/mol.